The third-order valence-electron chi connectivity index (χ3n) is 6.21. The van der Waals surface area contributed by atoms with Crippen LogP contribution in [0, 0.1) is 5.92 Å². The van der Waals surface area contributed by atoms with Crippen LogP contribution >= 0.6 is 0 Å². The van der Waals surface area contributed by atoms with Crippen molar-refractivity contribution in [1.82, 2.24) is 18.8 Å². The van der Waals surface area contributed by atoms with Crippen molar-refractivity contribution in [2.45, 2.75) is 37.4 Å². The first-order chi connectivity index (χ1) is 15.9. The number of carbonyl (C=O) groups excluding carboxylic acids is 1. The van der Waals surface area contributed by atoms with Crippen molar-refractivity contribution in [3.05, 3.63) is 36.3 Å². The zero-order chi connectivity index (χ0) is 25.2. The Bertz CT molecular complexity index is 1120. The normalized spacial score (nSPS) is 20.2. The molecule has 1 amide bonds. The molecule has 0 aliphatic carbocycles. The maximum atomic E-state index is 13.2. The van der Waals surface area contributed by atoms with Gasteiger partial charge in [0.05, 0.1) is 31.9 Å². The van der Waals surface area contributed by atoms with Gasteiger partial charge in [0.2, 0.25) is 5.91 Å². The SMILES string of the molecule is C[C@H](CO)N1C[C@H](C)[C@@H](CN(C)S(=O)(=O)c2cn(C)cn2)Oc2ccc(N(C)C)cc2CC1=O. The summed E-state index contributed by atoms with van der Waals surface area (Å²) in [6.07, 6.45) is 2.49. The summed E-state index contributed by atoms with van der Waals surface area (Å²) in [7, 11) is 3.23. The summed E-state index contributed by atoms with van der Waals surface area (Å²) in [5.41, 5.74) is 1.65. The highest BCUT2D eigenvalue weighted by molar-refractivity contribution is 7.89. The van der Waals surface area contributed by atoms with Gasteiger partial charge in [-0.15, -0.1) is 0 Å². The number of hydrogen-bond donors (Lipinski definition) is 1. The van der Waals surface area contributed by atoms with Crippen molar-refractivity contribution in [1.29, 1.82) is 0 Å². The van der Waals surface area contributed by atoms with Crippen molar-refractivity contribution in [2.75, 3.05) is 45.7 Å². The molecular weight excluding hydrogens is 458 g/mol. The number of benzene rings is 1. The molecule has 1 aromatic heterocycles. The average Bonchev–Trinajstić information content (AvgIpc) is 3.24. The van der Waals surface area contributed by atoms with E-state index in [-0.39, 0.29) is 42.5 Å². The Labute approximate surface area is 201 Å². The van der Waals surface area contributed by atoms with Crippen molar-refractivity contribution in [3.63, 3.8) is 0 Å². The van der Waals surface area contributed by atoms with Crippen LogP contribution in [0.3, 0.4) is 0 Å². The molecule has 1 N–H and O–H groups in total. The second-order valence-electron chi connectivity index (χ2n) is 9.24. The molecule has 188 valence electrons. The number of nitrogens with zero attached hydrogens (tertiary/aromatic N) is 5. The Morgan fingerprint density at radius 3 is 2.59 bits per heavy atom. The molecule has 34 heavy (non-hydrogen) atoms. The minimum absolute atomic E-state index is 0.0325. The number of ether oxygens (including phenoxy) is 1. The summed E-state index contributed by atoms with van der Waals surface area (Å²) in [6, 6.07) is 5.28. The smallest absolute Gasteiger partial charge is 0.261 e. The number of carbonyl (C=O) groups is 1. The molecule has 11 heteroatoms. The monoisotopic (exact) mass is 493 g/mol. The molecule has 0 bridgehead atoms. The van der Waals surface area contributed by atoms with Crippen LogP contribution in [0.5, 0.6) is 5.75 Å². The van der Waals surface area contributed by atoms with Gasteiger partial charge in [-0.2, -0.15) is 4.31 Å². The van der Waals surface area contributed by atoms with Gasteiger partial charge in [-0.05, 0) is 25.1 Å². The molecule has 1 aliphatic heterocycles. The molecular formula is C23H35N5O5S. The Morgan fingerprint density at radius 2 is 2.00 bits per heavy atom. The first-order valence-corrected chi connectivity index (χ1v) is 12.7. The van der Waals surface area contributed by atoms with E-state index >= 15 is 0 Å². The molecule has 3 rings (SSSR count). The lowest BCUT2D eigenvalue weighted by Crippen LogP contribution is -2.48. The number of imidazole rings is 1. The fraction of sp³-hybridized carbons (Fsp3) is 0.565. The second kappa shape index (κ2) is 10.3. The van der Waals surface area contributed by atoms with E-state index in [2.05, 4.69) is 4.98 Å². The Balaban J connectivity index is 1.98. The number of amides is 1. The molecule has 2 heterocycles. The van der Waals surface area contributed by atoms with Gasteiger partial charge in [0.25, 0.3) is 10.0 Å². The van der Waals surface area contributed by atoms with E-state index in [1.165, 1.54) is 23.9 Å². The number of aryl methyl sites for hydroxylation is 1. The lowest BCUT2D eigenvalue weighted by atomic mass is 10.0. The number of aliphatic hydroxyl groups is 1. The summed E-state index contributed by atoms with van der Waals surface area (Å²) in [5, 5.41) is 9.72. The Hall–Kier alpha value is -2.63. The third-order valence-corrected chi connectivity index (χ3v) is 7.92. The highest BCUT2D eigenvalue weighted by atomic mass is 32.2. The van der Waals surface area contributed by atoms with Crippen molar-refractivity contribution in [3.8, 4) is 5.75 Å². The highest BCUT2D eigenvalue weighted by Gasteiger charge is 2.34. The summed E-state index contributed by atoms with van der Waals surface area (Å²) in [4.78, 5) is 20.8. The number of hydrogen-bond acceptors (Lipinski definition) is 7. The van der Waals surface area contributed by atoms with Crippen LogP contribution in [0.2, 0.25) is 0 Å². The summed E-state index contributed by atoms with van der Waals surface area (Å²) >= 11 is 0. The highest BCUT2D eigenvalue weighted by Crippen LogP contribution is 2.30. The molecule has 10 nitrogen and oxygen atoms in total. The van der Waals surface area contributed by atoms with Crippen LogP contribution < -0.4 is 9.64 Å². The first kappa shape index (κ1) is 26.0. The Kier molecular flexibility index (Phi) is 7.89. The van der Waals surface area contributed by atoms with Gasteiger partial charge < -0.3 is 24.2 Å². The van der Waals surface area contributed by atoms with Gasteiger partial charge in [-0.25, -0.2) is 13.4 Å². The fourth-order valence-electron chi connectivity index (χ4n) is 3.95. The molecule has 1 aliphatic rings. The van der Waals surface area contributed by atoms with Crippen LogP contribution in [0.4, 0.5) is 5.69 Å². The van der Waals surface area contributed by atoms with E-state index in [0.717, 1.165) is 11.3 Å². The zero-order valence-corrected chi connectivity index (χ0v) is 21.5. The van der Waals surface area contributed by atoms with Gasteiger partial charge >= 0.3 is 0 Å². The largest absolute Gasteiger partial charge is 0.488 e. The van der Waals surface area contributed by atoms with Crippen molar-refractivity contribution < 1.29 is 23.1 Å². The van der Waals surface area contributed by atoms with E-state index in [9.17, 15) is 18.3 Å². The van der Waals surface area contributed by atoms with Gasteiger partial charge in [0.1, 0.15) is 11.9 Å². The predicted molar refractivity (Wildman–Crippen MR) is 129 cm³/mol. The average molecular weight is 494 g/mol. The number of aromatic nitrogens is 2. The van der Waals surface area contributed by atoms with E-state index < -0.39 is 16.1 Å². The van der Waals surface area contributed by atoms with Crippen molar-refractivity contribution in [2.24, 2.45) is 13.0 Å². The number of likely N-dealkylation sites (N-methyl/N-ethyl adjacent to an activating group) is 1. The van der Waals surface area contributed by atoms with E-state index in [1.807, 2.05) is 44.1 Å². The molecule has 0 saturated heterocycles. The van der Waals surface area contributed by atoms with Crippen LogP contribution in [0.1, 0.15) is 19.4 Å². The van der Waals surface area contributed by atoms with E-state index in [4.69, 9.17) is 4.74 Å². The second-order valence-corrected chi connectivity index (χ2v) is 11.2. The number of aliphatic hydroxyl groups excluding tert-OH is 1. The van der Waals surface area contributed by atoms with E-state index in [0.29, 0.717) is 12.3 Å². The maximum Gasteiger partial charge on any atom is 0.261 e. The molecule has 0 unspecified atom stereocenters. The standard InChI is InChI=1S/C23H35N5O5S/c1-16-11-28(17(2)14-29)23(30)10-18-9-19(25(3)4)7-8-20(18)33-21(16)12-27(6)34(31,32)22-13-26(5)15-24-22/h7-9,13,15-17,21,29H,10-12,14H2,1-6H3/t16-,17+,21+/m0/s1. The number of fused-ring (bicyclic) bond motifs is 1. The molecule has 1 aromatic carbocycles. The van der Waals surface area contributed by atoms with Gasteiger partial charge in [0, 0.05) is 58.1 Å². The summed E-state index contributed by atoms with van der Waals surface area (Å²) in [6.45, 7) is 3.97. The van der Waals surface area contributed by atoms with Gasteiger partial charge in [-0.1, -0.05) is 6.92 Å². The van der Waals surface area contributed by atoms with Crippen LogP contribution in [0.25, 0.3) is 0 Å². The molecule has 0 saturated carbocycles. The van der Waals surface area contributed by atoms with Crippen molar-refractivity contribution >= 4 is 21.6 Å². The minimum atomic E-state index is -3.82. The maximum absolute atomic E-state index is 13.2. The minimum Gasteiger partial charge on any atom is -0.488 e. The molecule has 0 spiro atoms. The topological polar surface area (TPSA) is 108 Å². The van der Waals surface area contributed by atoms with Crippen LogP contribution in [-0.2, 0) is 28.3 Å². The predicted octanol–water partition coefficient (Wildman–Crippen LogP) is 0.956. The number of sulfonamides is 1. The van der Waals surface area contributed by atoms with Gasteiger partial charge in [-0.3, -0.25) is 4.79 Å². The Morgan fingerprint density at radius 1 is 1.29 bits per heavy atom. The fourth-order valence-corrected chi connectivity index (χ4v) is 5.09. The number of anilines is 1. The molecule has 0 radical (unpaired) electrons. The zero-order valence-electron chi connectivity index (χ0n) is 20.7. The lowest BCUT2D eigenvalue weighted by Gasteiger charge is -2.33. The number of rotatable bonds is 7. The van der Waals surface area contributed by atoms with Crippen LogP contribution in [0.15, 0.2) is 35.7 Å². The van der Waals surface area contributed by atoms with Gasteiger partial charge in [0.15, 0.2) is 5.03 Å². The first-order valence-electron chi connectivity index (χ1n) is 11.3. The molecule has 0 fully saturated rings. The third kappa shape index (κ3) is 5.53. The summed E-state index contributed by atoms with van der Waals surface area (Å²) in [5.74, 6) is 0.237. The summed E-state index contributed by atoms with van der Waals surface area (Å²) < 4.78 is 35.4. The van der Waals surface area contributed by atoms with Crippen LogP contribution in [-0.4, -0.2) is 91.2 Å². The molecule has 3 atom stereocenters. The quantitative estimate of drug-likeness (QED) is 0.612. The van der Waals surface area contributed by atoms with E-state index in [1.54, 1.807) is 23.4 Å². The lowest BCUT2D eigenvalue weighted by molar-refractivity contribution is -0.134. The molecule has 2 aromatic rings.